The summed E-state index contributed by atoms with van der Waals surface area (Å²) in [6.45, 7) is 1.44. The van der Waals surface area contributed by atoms with Gasteiger partial charge in [-0.1, -0.05) is 36.4 Å². The highest BCUT2D eigenvalue weighted by Crippen LogP contribution is 2.19. The summed E-state index contributed by atoms with van der Waals surface area (Å²) in [5.41, 5.74) is 1.61. The van der Waals surface area contributed by atoms with Crippen LogP contribution < -0.4 is 10.6 Å². The summed E-state index contributed by atoms with van der Waals surface area (Å²) in [7, 11) is 0. The van der Waals surface area contributed by atoms with Crippen molar-refractivity contribution in [1.29, 1.82) is 0 Å². The molecule has 5 nitrogen and oxygen atoms in total. The Labute approximate surface area is 148 Å². The number of benzene rings is 2. The van der Waals surface area contributed by atoms with Crippen LogP contribution in [0.3, 0.4) is 0 Å². The summed E-state index contributed by atoms with van der Waals surface area (Å²) in [6.07, 6.45) is 2.19. The molecule has 1 fully saturated rings. The molecule has 0 bridgehead atoms. The molecule has 1 heterocycles. The third kappa shape index (κ3) is 4.90. The lowest BCUT2D eigenvalue weighted by atomic mass is 10.2. The van der Waals surface area contributed by atoms with E-state index in [-0.39, 0.29) is 17.9 Å². The summed E-state index contributed by atoms with van der Waals surface area (Å²) in [5.74, 6) is -0.0208. The highest BCUT2D eigenvalue weighted by Gasteiger charge is 2.30. The van der Waals surface area contributed by atoms with Gasteiger partial charge in [-0.15, -0.1) is 0 Å². The molecule has 0 aliphatic carbocycles. The van der Waals surface area contributed by atoms with Gasteiger partial charge in [-0.05, 0) is 43.7 Å². The monoisotopic (exact) mass is 337 g/mol. The maximum absolute atomic E-state index is 12.5. The molecular weight excluding hydrogens is 314 g/mol. The van der Waals surface area contributed by atoms with E-state index >= 15 is 0 Å². The molecule has 1 atom stereocenters. The third-order valence-electron chi connectivity index (χ3n) is 4.39. The number of para-hydroxylation sites is 2. The summed E-state index contributed by atoms with van der Waals surface area (Å²) in [5, 5.41) is 5.84. The molecule has 0 aromatic heterocycles. The van der Waals surface area contributed by atoms with E-state index in [0.717, 1.165) is 30.8 Å². The lowest BCUT2D eigenvalue weighted by Crippen LogP contribution is -2.40. The number of hydrogen-bond acceptors (Lipinski definition) is 3. The van der Waals surface area contributed by atoms with Gasteiger partial charge in [-0.25, -0.2) is 0 Å². The summed E-state index contributed by atoms with van der Waals surface area (Å²) in [6, 6.07) is 18.7. The smallest absolute Gasteiger partial charge is 0.241 e. The first kappa shape index (κ1) is 17.2. The topological polar surface area (TPSA) is 61.4 Å². The molecule has 3 rings (SSSR count). The quantitative estimate of drug-likeness (QED) is 0.851. The zero-order valence-corrected chi connectivity index (χ0v) is 14.2. The first-order chi connectivity index (χ1) is 12.2. The number of nitrogens with zero attached hydrogens (tertiary/aromatic N) is 1. The van der Waals surface area contributed by atoms with Crippen molar-refractivity contribution in [3.05, 3.63) is 60.7 Å². The third-order valence-corrected chi connectivity index (χ3v) is 4.39. The number of nitrogens with one attached hydrogen (secondary N) is 2. The van der Waals surface area contributed by atoms with Crippen molar-refractivity contribution < 1.29 is 9.59 Å². The highest BCUT2D eigenvalue weighted by molar-refractivity contribution is 5.95. The van der Waals surface area contributed by atoms with Crippen molar-refractivity contribution in [2.45, 2.75) is 25.3 Å². The Kier molecular flexibility index (Phi) is 5.80. The Balaban J connectivity index is 1.49. The van der Waals surface area contributed by atoms with Crippen LogP contribution in [0.5, 0.6) is 0 Å². The largest absolute Gasteiger partial charge is 0.326 e. The van der Waals surface area contributed by atoms with Crippen LogP contribution in [0.25, 0.3) is 0 Å². The van der Waals surface area contributed by atoms with Gasteiger partial charge in [0.1, 0.15) is 0 Å². The number of carbonyl (C=O) groups excluding carboxylic acids is 2. The second-order valence-electron chi connectivity index (χ2n) is 6.21. The molecule has 0 unspecified atom stereocenters. The van der Waals surface area contributed by atoms with Crippen LogP contribution in [0.1, 0.15) is 19.3 Å². The number of amides is 2. The van der Waals surface area contributed by atoms with Gasteiger partial charge in [0.25, 0.3) is 0 Å². The average molecular weight is 337 g/mol. The van der Waals surface area contributed by atoms with E-state index in [0.29, 0.717) is 13.0 Å². The van der Waals surface area contributed by atoms with Gasteiger partial charge in [0, 0.05) is 24.3 Å². The van der Waals surface area contributed by atoms with Crippen molar-refractivity contribution in [2.24, 2.45) is 0 Å². The Hall–Kier alpha value is -2.66. The SMILES string of the molecule is O=C(CCN1CCC[C@H]1C(=O)Nc1ccccc1)Nc1ccccc1. The van der Waals surface area contributed by atoms with Gasteiger partial charge in [0.2, 0.25) is 11.8 Å². The fourth-order valence-corrected chi connectivity index (χ4v) is 3.13. The predicted molar refractivity (Wildman–Crippen MR) is 99.4 cm³/mol. The molecule has 1 saturated heterocycles. The maximum atomic E-state index is 12.5. The van der Waals surface area contributed by atoms with E-state index < -0.39 is 0 Å². The van der Waals surface area contributed by atoms with Crippen molar-refractivity contribution in [2.75, 3.05) is 23.7 Å². The van der Waals surface area contributed by atoms with E-state index in [9.17, 15) is 9.59 Å². The van der Waals surface area contributed by atoms with Gasteiger partial charge in [-0.2, -0.15) is 0 Å². The van der Waals surface area contributed by atoms with Crippen LogP contribution in [-0.4, -0.2) is 35.8 Å². The molecule has 25 heavy (non-hydrogen) atoms. The average Bonchev–Trinajstić information content (AvgIpc) is 3.10. The van der Waals surface area contributed by atoms with Gasteiger partial charge < -0.3 is 10.6 Å². The number of carbonyl (C=O) groups is 2. The van der Waals surface area contributed by atoms with E-state index in [4.69, 9.17) is 0 Å². The molecule has 1 aliphatic rings. The molecule has 130 valence electrons. The van der Waals surface area contributed by atoms with Crippen molar-refractivity contribution in [3.8, 4) is 0 Å². The minimum Gasteiger partial charge on any atom is -0.326 e. The Morgan fingerprint density at radius 3 is 2.16 bits per heavy atom. The maximum Gasteiger partial charge on any atom is 0.241 e. The Bertz CT molecular complexity index is 703. The van der Waals surface area contributed by atoms with Crippen LogP contribution in [-0.2, 0) is 9.59 Å². The van der Waals surface area contributed by atoms with Gasteiger partial charge in [0.05, 0.1) is 6.04 Å². The molecule has 2 aromatic carbocycles. The Morgan fingerprint density at radius 1 is 0.920 bits per heavy atom. The first-order valence-corrected chi connectivity index (χ1v) is 8.67. The second kappa shape index (κ2) is 8.44. The zero-order valence-electron chi connectivity index (χ0n) is 14.2. The first-order valence-electron chi connectivity index (χ1n) is 8.67. The number of rotatable bonds is 6. The highest BCUT2D eigenvalue weighted by atomic mass is 16.2. The van der Waals surface area contributed by atoms with Crippen LogP contribution in [0.2, 0.25) is 0 Å². The molecular formula is C20H23N3O2. The van der Waals surface area contributed by atoms with Gasteiger partial charge in [0.15, 0.2) is 0 Å². The van der Waals surface area contributed by atoms with Crippen LogP contribution in [0, 0.1) is 0 Å². The van der Waals surface area contributed by atoms with E-state index in [1.54, 1.807) is 0 Å². The molecule has 2 aromatic rings. The molecule has 0 spiro atoms. The molecule has 2 N–H and O–H groups in total. The van der Waals surface area contributed by atoms with E-state index in [2.05, 4.69) is 15.5 Å². The van der Waals surface area contributed by atoms with Crippen LogP contribution in [0.15, 0.2) is 60.7 Å². The van der Waals surface area contributed by atoms with E-state index in [1.807, 2.05) is 60.7 Å². The second-order valence-corrected chi connectivity index (χ2v) is 6.21. The Morgan fingerprint density at radius 2 is 1.52 bits per heavy atom. The molecule has 0 radical (unpaired) electrons. The standard InChI is InChI=1S/C20H23N3O2/c24-19(21-16-8-3-1-4-9-16)13-15-23-14-7-12-18(23)20(25)22-17-10-5-2-6-11-17/h1-6,8-11,18H,7,12-15H2,(H,21,24)(H,22,25)/t18-/m0/s1. The summed E-state index contributed by atoms with van der Waals surface area (Å²) in [4.78, 5) is 26.7. The van der Waals surface area contributed by atoms with Crippen molar-refractivity contribution in [3.63, 3.8) is 0 Å². The molecule has 0 saturated carbocycles. The van der Waals surface area contributed by atoms with Crippen LogP contribution in [0.4, 0.5) is 11.4 Å². The van der Waals surface area contributed by atoms with Crippen molar-refractivity contribution >= 4 is 23.2 Å². The fraction of sp³-hybridized carbons (Fsp3) is 0.300. The predicted octanol–water partition coefficient (Wildman–Crippen LogP) is 3.12. The molecule has 2 amide bonds. The van der Waals surface area contributed by atoms with Gasteiger partial charge in [-0.3, -0.25) is 14.5 Å². The number of hydrogen-bond donors (Lipinski definition) is 2. The molecule has 5 heteroatoms. The van der Waals surface area contributed by atoms with Crippen LogP contribution >= 0.6 is 0 Å². The number of anilines is 2. The summed E-state index contributed by atoms with van der Waals surface area (Å²) < 4.78 is 0. The lowest BCUT2D eigenvalue weighted by Gasteiger charge is -2.23. The lowest BCUT2D eigenvalue weighted by molar-refractivity contribution is -0.121. The zero-order chi connectivity index (χ0) is 17.5. The normalized spacial score (nSPS) is 17.2. The minimum atomic E-state index is -0.162. The molecule has 1 aliphatic heterocycles. The fourth-order valence-electron chi connectivity index (χ4n) is 3.13. The minimum absolute atomic E-state index is 0.00664. The van der Waals surface area contributed by atoms with Gasteiger partial charge >= 0.3 is 0 Å². The number of likely N-dealkylation sites (tertiary alicyclic amines) is 1. The van der Waals surface area contributed by atoms with E-state index in [1.165, 1.54) is 0 Å². The van der Waals surface area contributed by atoms with Crippen molar-refractivity contribution in [1.82, 2.24) is 4.90 Å². The summed E-state index contributed by atoms with van der Waals surface area (Å²) >= 11 is 0.